The Morgan fingerprint density at radius 2 is 1.90 bits per heavy atom. The second kappa shape index (κ2) is 5.89. The van der Waals surface area contributed by atoms with E-state index in [4.69, 9.17) is 0 Å². The zero-order valence-electron chi connectivity index (χ0n) is 11.3. The predicted molar refractivity (Wildman–Crippen MR) is 81.6 cm³/mol. The molecule has 0 aliphatic rings. The quantitative estimate of drug-likeness (QED) is 0.769. The normalized spacial score (nSPS) is 12.3. The lowest BCUT2D eigenvalue weighted by Crippen LogP contribution is -2.14. The molecule has 0 radical (unpaired) electrons. The number of nitrogens with zero attached hydrogens (tertiary/aromatic N) is 1. The average molecular weight is 282 g/mol. The number of hydrogen-bond donors (Lipinski definition) is 2. The summed E-state index contributed by atoms with van der Waals surface area (Å²) in [6, 6.07) is 15.6. The zero-order chi connectivity index (χ0) is 14.7. The summed E-state index contributed by atoms with van der Waals surface area (Å²) in [7, 11) is 0. The highest BCUT2D eigenvalue weighted by molar-refractivity contribution is 5.79. The number of aliphatic hydroxyl groups excluding tert-OH is 1. The molecule has 3 aromatic rings. The molecule has 0 saturated carbocycles. The molecule has 2 aromatic carbocycles. The highest BCUT2D eigenvalue weighted by Gasteiger charge is 2.11. The molecule has 0 saturated heterocycles. The van der Waals surface area contributed by atoms with E-state index in [-0.39, 0.29) is 18.5 Å². The number of aromatic nitrogens is 1. The van der Waals surface area contributed by atoms with Crippen molar-refractivity contribution >= 4 is 16.6 Å². The summed E-state index contributed by atoms with van der Waals surface area (Å²) in [5.74, 6) is -0.280. The van der Waals surface area contributed by atoms with E-state index < -0.39 is 0 Å². The van der Waals surface area contributed by atoms with Gasteiger partial charge >= 0.3 is 0 Å². The molecule has 1 atom stereocenters. The summed E-state index contributed by atoms with van der Waals surface area (Å²) < 4.78 is 12.9. The van der Waals surface area contributed by atoms with Crippen LogP contribution in [0.25, 0.3) is 10.9 Å². The number of halogens is 1. The van der Waals surface area contributed by atoms with Crippen molar-refractivity contribution in [3.05, 3.63) is 72.2 Å². The van der Waals surface area contributed by atoms with E-state index in [9.17, 15) is 9.50 Å². The fourth-order valence-electron chi connectivity index (χ4n) is 2.29. The minimum absolute atomic E-state index is 0.0524. The van der Waals surface area contributed by atoms with Gasteiger partial charge in [0.05, 0.1) is 18.2 Å². The zero-order valence-corrected chi connectivity index (χ0v) is 11.3. The fraction of sp³-hybridized carbons (Fsp3) is 0.118. The van der Waals surface area contributed by atoms with E-state index in [2.05, 4.69) is 10.3 Å². The largest absolute Gasteiger partial charge is 0.394 e. The Labute approximate surface area is 122 Å². The number of anilines is 1. The summed E-state index contributed by atoms with van der Waals surface area (Å²) in [5.41, 5.74) is 2.64. The SMILES string of the molecule is OCC(Nc1ccc(F)cc1)c1ccc2ncccc2c1. The standard InChI is InChI=1S/C17H15FN2O/c18-14-4-6-15(7-5-14)20-17(11-21)13-3-8-16-12(10-13)2-1-9-19-16/h1-10,17,20-21H,11H2. The topological polar surface area (TPSA) is 45.1 Å². The smallest absolute Gasteiger partial charge is 0.123 e. The van der Waals surface area contributed by atoms with Crippen LogP contribution in [0.4, 0.5) is 10.1 Å². The molecule has 0 bridgehead atoms. The summed E-state index contributed by atoms with van der Waals surface area (Å²) in [4.78, 5) is 4.28. The minimum Gasteiger partial charge on any atom is -0.394 e. The van der Waals surface area contributed by atoms with E-state index in [0.717, 1.165) is 22.2 Å². The highest BCUT2D eigenvalue weighted by Crippen LogP contribution is 2.22. The van der Waals surface area contributed by atoms with E-state index in [1.165, 1.54) is 12.1 Å². The molecule has 2 N–H and O–H groups in total. The van der Waals surface area contributed by atoms with Gasteiger partial charge in [0.25, 0.3) is 0 Å². The molecule has 3 nitrogen and oxygen atoms in total. The third kappa shape index (κ3) is 3.01. The van der Waals surface area contributed by atoms with Crippen LogP contribution in [0.15, 0.2) is 60.8 Å². The second-order valence-electron chi connectivity index (χ2n) is 4.84. The van der Waals surface area contributed by atoms with Crippen molar-refractivity contribution < 1.29 is 9.50 Å². The van der Waals surface area contributed by atoms with Gasteiger partial charge < -0.3 is 10.4 Å². The summed E-state index contributed by atoms with van der Waals surface area (Å²) in [6.45, 7) is -0.0524. The number of pyridine rings is 1. The number of aliphatic hydroxyl groups is 1. The van der Waals surface area contributed by atoms with Crippen LogP contribution in [0.2, 0.25) is 0 Å². The van der Waals surface area contributed by atoms with Crippen molar-refractivity contribution in [3.63, 3.8) is 0 Å². The van der Waals surface area contributed by atoms with Crippen LogP contribution < -0.4 is 5.32 Å². The van der Waals surface area contributed by atoms with Gasteiger partial charge in [-0.15, -0.1) is 0 Å². The van der Waals surface area contributed by atoms with Crippen molar-refractivity contribution in [2.45, 2.75) is 6.04 Å². The molecule has 0 aliphatic heterocycles. The number of nitrogens with one attached hydrogen (secondary N) is 1. The van der Waals surface area contributed by atoms with Gasteiger partial charge in [0.1, 0.15) is 5.82 Å². The van der Waals surface area contributed by atoms with E-state index in [1.807, 2.05) is 30.3 Å². The Morgan fingerprint density at radius 3 is 2.67 bits per heavy atom. The van der Waals surface area contributed by atoms with Gasteiger partial charge in [0.15, 0.2) is 0 Å². The summed E-state index contributed by atoms with van der Waals surface area (Å²) >= 11 is 0. The molecule has 0 spiro atoms. The predicted octanol–water partition coefficient (Wildman–Crippen LogP) is 3.52. The molecule has 4 heteroatoms. The first kappa shape index (κ1) is 13.5. The molecule has 0 fully saturated rings. The van der Waals surface area contributed by atoms with Gasteiger partial charge in [-0.3, -0.25) is 4.98 Å². The van der Waals surface area contributed by atoms with E-state index in [1.54, 1.807) is 18.3 Å². The molecular weight excluding hydrogens is 267 g/mol. The van der Waals surface area contributed by atoms with Crippen molar-refractivity contribution in [1.82, 2.24) is 4.98 Å². The van der Waals surface area contributed by atoms with Crippen LogP contribution in [0.5, 0.6) is 0 Å². The maximum atomic E-state index is 12.9. The summed E-state index contributed by atoms with van der Waals surface area (Å²) in [6.07, 6.45) is 1.75. The van der Waals surface area contributed by atoms with Crippen molar-refractivity contribution in [2.75, 3.05) is 11.9 Å². The van der Waals surface area contributed by atoms with Gasteiger partial charge in [0.2, 0.25) is 0 Å². The second-order valence-corrected chi connectivity index (χ2v) is 4.84. The minimum atomic E-state index is -0.280. The van der Waals surface area contributed by atoms with Gasteiger partial charge in [-0.25, -0.2) is 4.39 Å². The van der Waals surface area contributed by atoms with Crippen molar-refractivity contribution in [3.8, 4) is 0 Å². The average Bonchev–Trinajstić information content (AvgIpc) is 2.54. The van der Waals surface area contributed by atoms with Gasteiger partial charge in [-0.2, -0.15) is 0 Å². The molecule has 3 rings (SSSR count). The van der Waals surface area contributed by atoms with Gasteiger partial charge in [-0.05, 0) is 48.0 Å². The Bertz CT molecular complexity index is 743. The van der Waals surface area contributed by atoms with Crippen LogP contribution >= 0.6 is 0 Å². The molecule has 1 aromatic heterocycles. The van der Waals surface area contributed by atoms with Crippen LogP contribution in [0.1, 0.15) is 11.6 Å². The fourth-order valence-corrected chi connectivity index (χ4v) is 2.29. The Balaban J connectivity index is 1.88. The molecular formula is C17H15FN2O. The highest BCUT2D eigenvalue weighted by atomic mass is 19.1. The monoisotopic (exact) mass is 282 g/mol. The first-order valence-corrected chi connectivity index (χ1v) is 6.74. The van der Waals surface area contributed by atoms with E-state index in [0.29, 0.717) is 0 Å². The lowest BCUT2D eigenvalue weighted by Gasteiger charge is -2.18. The van der Waals surface area contributed by atoms with Crippen LogP contribution in [-0.2, 0) is 0 Å². The molecule has 106 valence electrons. The van der Waals surface area contributed by atoms with Gasteiger partial charge in [0, 0.05) is 17.3 Å². The number of hydrogen-bond acceptors (Lipinski definition) is 3. The lowest BCUT2D eigenvalue weighted by molar-refractivity contribution is 0.276. The Kier molecular flexibility index (Phi) is 3.79. The maximum absolute atomic E-state index is 12.9. The molecule has 1 heterocycles. The Hall–Kier alpha value is -2.46. The van der Waals surface area contributed by atoms with Crippen molar-refractivity contribution in [1.29, 1.82) is 0 Å². The molecule has 21 heavy (non-hydrogen) atoms. The third-order valence-corrected chi connectivity index (χ3v) is 3.40. The van der Waals surface area contributed by atoms with E-state index >= 15 is 0 Å². The van der Waals surface area contributed by atoms with Gasteiger partial charge in [-0.1, -0.05) is 12.1 Å². The molecule has 0 aliphatic carbocycles. The molecule has 1 unspecified atom stereocenters. The molecule has 0 amide bonds. The first-order chi connectivity index (χ1) is 10.3. The first-order valence-electron chi connectivity index (χ1n) is 6.74. The van der Waals surface area contributed by atoms with Crippen molar-refractivity contribution in [2.24, 2.45) is 0 Å². The number of benzene rings is 2. The van der Waals surface area contributed by atoms with Crippen LogP contribution in [0.3, 0.4) is 0 Å². The van der Waals surface area contributed by atoms with Crippen LogP contribution in [0, 0.1) is 5.82 Å². The third-order valence-electron chi connectivity index (χ3n) is 3.40. The summed E-state index contributed by atoms with van der Waals surface area (Å²) in [5, 5.41) is 13.8. The van der Waals surface area contributed by atoms with Crippen LogP contribution in [-0.4, -0.2) is 16.7 Å². The maximum Gasteiger partial charge on any atom is 0.123 e. The Morgan fingerprint density at radius 1 is 1.10 bits per heavy atom. The number of rotatable bonds is 4. The lowest BCUT2D eigenvalue weighted by atomic mass is 10.0. The number of fused-ring (bicyclic) bond motifs is 1.